The van der Waals surface area contributed by atoms with E-state index >= 15 is 0 Å². The van der Waals surface area contributed by atoms with Gasteiger partial charge in [0, 0.05) is 0 Å². The van der Waals surface area contributed by atoms with Crippen LogP contribution in [0.2, 0.25) is 0 Å². The lowest BCUT2D eigenvalue weighted by Gasteiger charge is -2.11. The molecule has 0 aliphatic heterocycles. The first-order valence-corrected chi connectivity index (χ1v) is 6.03. The van der Waals surface area contributed by atoms with Gasteiger partial charge in [-0.25, -0.2) is 9.37 Å². The van der Waals surface area contributed by atoms with Gasteiger partial charge < -0.3 is 10.1 Å². The molecule has 0 amide bonds. The molecule has 1 heterocycles. The van der Waals surface area contributed by atoms with E-state index in [9.17, 15) is 9.50 Å². The lowest BCUT2D eigenvalue weighted by Crippen LogP contribution is -1.99. The number of aryl methyl sites for hydroxylation is 1. The molecule has 2 aromatic carbocycles. The molecule has 3 nitrogen and oxygen atoms in total. The largest absolute Gasteiger partial charge is 0.384 e. The van der Waals surface area contributed by atoms with Crippen molar-refractivity contribution in [2.75, 3.05) is 0 Å². The third-order valence-electron chi connectivity index (χ3n) is 3.11. The summed E-state index contributed by atoms with van der Waals surface area (Å²) in [7, 11) is 0. The number of aliphatic hydroxyl groups is 1. The molecule has 0 aliphatic carbocycles. The fraction of sp³-hybridized carbons (Fsp3) is 0.133. The average Bonchev–Trinajstić information content (AvgIpc) is 2.76. The first-order valence-electron chi connectivity index (χ1n) is 6.03. The van der Waals surface area contributed by atoms with Crippen LogP contribution in [0.15, 0.2) is 42.5 Å². The number of aromatic amines is 1. The van der Waals surface area contributed by atoms with Crippen LogP contribution in [0.4, 0.5) is 4.39 Å². The molecule has 0 aliphatic rings. The van der Waals surface area contributed by atoms with Crippen molar-refractivity contribution in [2.45, 2.75) is 13.0 Å². The van der Waals surface area contributed by atoms with Crippen LogP contribution in [0.5, 0.6) is 0 Å². The van der Waals surface area contributed by atoms with Crippen LogP contribution < -0.4 is 0 Å². The Bertz CT molecular complexity index is 742. The summed E-state index contributed by atoms with van der Waals surface area (Å²) in [5, 5.41) is 10.3. The van der Waals surface area contributed by atoms with Gasteiger partial charge in [-0.3, -0.25) is 0 Å². The van der Waals surface area contributed by atoms with Crippen molar-refractivity contribution in [3.8, 4) is 0 Å². The number of aliphatic hydroxyl groups excluding tert-OH is 1. The number of aromatic nitrogens is 2. The standard InChI is InChI=1S/C15H13FN2O.ClH/c1-9-17-13-6-5-11(8-14(13)18-9)15(19)10-3-2-4-12(16)7-10;/h2-8,15,19H,1H3,(H,17,18);1H. The second-order valence-corrected chi connectivity index (χ2v) is 4.56. The van der Waals surface area contributed by atoms with Gasteiger partial charge in [0.25, 0.3) is 0 Å². The van der Waals surface area contributed by atoms with Crippen molar-refractivity contribution in [2.24, 2.45) is 0 Å². The van der Waals surface area contributed by atoms with Crippen molar-refractivity contribution in [3.63, 3.8) is 0 Å². The molecule has 0 radical (unpaired) electrons. The number of fused-ring (bicyclic) bond motifs is 1. The predicted octanol–water partition coefficient (Wildman–Crippen LogP) is 3.51. The number of halogens is 2. The number of nitrogens with zero attached hydrogens (tertiary/aromatic N) is 1. The summed E-state index contributed by atoms with van der Waals surface area (Å²) in [5.41, 5.74) is 2.95. The zero-order chi connectivity index (χ0) is 13.4. The Balaban J connectivity index is 0.00000147. The number of hydrogen-bond donors (Lipinski definition) is 2. The van der Waals surface area contributed by atoms with Crippen LogP contribution in [0.25, 0.3) is 11.0 Å². The summed E-state index contributed by atoms with van der Waals surface area (Å²) in [6, 6.07) is 11.5. The first kappa shape index (κ1) is 14.5. The minimum Gasteiger partial charge on any atom is -0.384 e. The Morgan fingerprint density at radius 3 is 2.65 bits per heavy atom. The Hall–Kier alpha value is -1.91. The molecule has 20 heavy (non-hydrogen) atoms. The third-order valence-corrected chi connectivity index (χ3v) is 3.11. The molecule has 1 atom stereocenters. The number of hydrogen-bond acceptors (Lipinski definition) is 2. The molecule has 3 aromatic rings. The summed E-state index contributed by atoms with van der Waals surface area (Å²) in [6.07, 6.45) is -0.850. The van der Waals surface area contributed by atoms with Gasteiger partial charge in [-0.1, -0.05) is 18.2 Å². The highest BCUT2D eigenvalue weighted by Gasteiger charge is 2.12. The zero-order valence-corrected chi connectivity index (χ0v) is 11.6. The molecule has 0 fully saturated rings. The van der Waals surface area contributed by atoms with E-state index in [1.165, 1.54) is 12.1 Å². The van der Waals surface area contributed by atoms with Gasteiger partial charge in [-0.2, -0.15) is 0 Å². The van der Waals surface area contributed by atoms with Gasteiger partial charge in [0.05, 0.1) is 11.0 Å². The molecule has 0 spiro atoms. The van der Waals surface area contributed by atoms with Crippen LogP contribution in [-0.2, 0) is 0 Å². The molecular formula is C15H14ClFN2O. The quantitative estimate of drug-likeness (QED) is 0.759. The third kappa shape index (κ3) is 2.66. The molecule has 2 N–H and O–H groups in total. The summed E-state index contributed by atoms with van der Waals surface area (Å²) in [6.45, 7) is 1.88. The maximum atomic E-state index is 13.2. The Kier molecular flexibility index (Phi) is 4.06. The number of benzene rings is 2. The van der Waals surface area contributed by atoms with Crippen LogP contribution >= 0.6 is 12.4 Å². The SMILES string of the molecule is Cc1nc2cc(C(O)c3cccc(F)c3)ccc2[nH]1.Cl. The van der Waals surface area contributed by atoms with Crippen molar-refractivity contribution < 1.29 is 9.50 Å². The lowest BCUT2D eigenvalue weighted by molar-refractivity contribution is 0.220. The maximum absolute atomic E-state index is 13.2. The highest BCUT2D eigenvalue weighted by Crippen LogP contribution is 2.25. The Labute approximate surface area is 121 Å². The number of H-pyrrole nitrogens is 1. The highest BCUT2D eigenvalue weighted by molar-refractivity contribution is 5.85. The molecule has 1 unspecified atom stereocenters. The molecule has 0 saturated carbocycles. The van der Waals surface area contributed by atoms with E-state index in [2.05, 4.69) is 9.97 Å². The van der Waals surface area contributed by atoms with E-state index in [0.717, 1.165) is 16.9 Å². The Morgan fingerprint density at radius 1 is 1.15 bits per heavy atom. The maximum Gasteiger partial charge on any atom is 0.123 e. The van der Waals surface area contributed by atoms with Gasteiger partial charge >= 0.3 is 0 Å². The van der Waals surface area contributed by atoms with E-state index in [0.29, 0.717) is 11.1 Å². The van der Waals surface area contributed by atoms with E-state index in [4.69, 9.17) is 0 Å². The number of rotatable bonds is 2. The van der Waals surface area contributed by atoms with Gasteiger partial charge in [0.15, 0.2) is 0 Å². The van der Waals surface area contributed by atoms with Crippen molar-refractivity contribution >= 4 is 23.4 Å². The highest BCUT2D eigenvalue weighted by atomic mass is 35.5. The van der Waals surface area contributed by atoms with Crippen LogP contribution in [-0.4, -0.2) is 15.1 Å². The van der Waals surface area contributed by atoms with E-state index < -0.39 is 6.10 Å². The fourth-order valence-electron chi connectivity index (χ4n) is 2.19. The lowest BCUT2D eigenvalue weighted by atomic mass is 10.0. The molecule has 104 valence electrons. The van der Waals surface area contributed by atoms with Crippen LogP contribution in [0.3, 0.4) is 0 Å². The molecule has 0 saturated heterocycles. The van der Waals surface area contributed by atoms with Crippen LogP contribution in [0.1, 0.15) is 23.1 Å². The second kappa shape index (κ2) is 5.61. The fourth-order valence-corrected chi connectivity index (χ4v) is 2.19. The minimum absolute atomic E-state index is 0. The smallest absolute Gasteiger partial charge is 0.123 e. The predicted molar refractivity (Wildman–Crippen MR) is 78.5 cm³/mol. The summed E-state index contributed by atoms with van der Waals surface area (Å²) in [4.78, 5) is 7.45. The first-order chi connectivity index (χ1) is 9.13. The minimum atomic E-state index is -0.850. The Morgan fingerprint density at radius 2 is 1.90 bits per heavy atom. The molecule has 5 heteroatoms. The molecular weight excluding hydrogens is 279 g/mol. The van der Waals surface area contributed by atoms with Crippen LogP contribution in [0, 0.1) is 12.7 Å². The van der Waals surface area contributed by atoms with Crippen molar-refractivity contribution in [1.29, 1.82) is 0 Å². The van der Waals surface area contributed by atoms with Gasteiger partial charge in [0.2, 0.25) is 0 Å². The molecule has 0 bridgehead atoms. The topological polar surface area (TPSA) is 48.9 Å². The van der Waals surface area contributed by atoms with E-state index in [1.54, 1.807) is 12.1 Å². The van der Waals surface area contributed by atoms with E-state index in [1.807, 2.05) is 25.1 Å². The van der Waals surface area contributed by atoms with Crippen molar-refractivity contribution in [3.05, 3.63) is 65.2 Å². The summed E-state index contributed by atoms with van der Waals surface area (Å²) < 4.78 is 13.2. The van der Waals surface area contributed by atoms with Gasteiger partial charge in [0.1, 0.15) is 17.7 Å². The number of imidazole rings is 1. The number of nitrogens with one attached hydrogen (secondary N) is 1. The van der Waals surface area contributed by atoms with E-state index in [-0.39, 0.29) is 18.2 Å². The molecule has 3 rings (SSSR count). The summed E-state index contributed by atoms with van der Waals surface area (Å²) in [5.74, 6) is 0.473. The normalized spacial score (nSPS) is 12.2. The second-order valence-electron chi connectivity index (χ2n) is 4.56. The van der Waals surface area contributed by atoms with Crippen molar-refractivity contribution in [1.82, 2.24) is 9.97 Å². The van der Waals surface area contributed by atoms with Gasteiger partial charge in [-0.05, 0) is 42.3 Å². The average molecular weight is 293 g/mol. The summed E-state index contributed by atoms with van der Waals surface area (Å²) >= 11 is 0. The zero-order valence-electron chi connectivity index (χ0n) is 10.8. The molecule has 1 aromatic heterocycles. The van der Waals surface area contributed by atoms with Gasteiger partial charge in [-0.15, -0.1) is 12.4 Å². The monoisotopic (exact) mass is 292 g/mol.